The molecule has 0 amide bonds. The molecular formula is C25H31N4+. The summed E-state index contributed by atoms with van der Waals surface area (Å²) >= 11 is 0. The van der Waals surface area contributed by atoms with Crippen LogP contribution in [0, 0.1) is 5.92 Å². The van der Waals surface area contributed by atoms with Gasteiger partial charge in [-0.3, -0.25) is 0 Å². The maximum Gasteiger partial charge on any atom is 0.287 e. The highest BCUT2D eigenvalue weighted by Crippen LogP contribution is 2.33. The standard InChI is InChI=1S/C25H31N4/c1-3-25(2)19-28-14-8-7-11-23(28)29-18-21(26-24(25)29)17-20-12-15-27(16-13-20)22-9-5-4-6-10-22/h4-11,14,18,20H,3,12-13,15-17,19H2,1-2H3/q+1. The molecule has 0 N–H and O–H groups in total. The number of pyridine rings is 1. The van der Waals surface area contributed by atoms with Crippen LogP contribution in [-0.2, 0) is 18.4 Å². The Morgan fingerprint density at radius 1 is 1.07 bits per heavy atom. The van der Waals surface area contributed by atoms with Gasteiger partial charge in [0, 0.05) is 24.8 Å². The van der Waals surface area contributed by atoms with Gasteiger partial charge in [-0.15, -0.1) is 0 Å². The Labute approximate surface area is 173 Å². The van der Waals surface area contributed by atoms with E-state index in [1.54, 1.807) is 0 Å². The Balaban J connectivity index is 1.34. The molecule has 0 radical (unpaired) electrons. The van der Waals surface area contributed by atoms with Crippen LogP contribution in [0.4, 0.5) is 5.69 Å². The van der Waals surface area contributed by atoms with E-state index in [2.05, 4.69) is 88.8 Å². The van der Waals surface area contributed by atoms with E-state index in [0.717, 1.165) is 38.4 Å². The number of hydrogen-bond donors (Lipinski definition) is 0. The molecule has 2 aliphatic heterocycles. The average molecular weight is 388 g/mol. The Bertz CT molecular complexity index is 985. The molecule has 0 aliphatic carbocycles. The zero-order chi connectivity index (χ0) is 19.8. The monoisotopic (exact) mass is 387 g/mol. The maximum absolute atomic E-state index is 5.18. The highest BCUT2D eigenvalue weighted by Gasteiger charge is 2.42. The molecule has 150 valence electrons. The first-order valence-corrected chi connectivity index (χ1v) is 11.0. The molecule has 5 rings (SSSR count). The quantitative estimate of drug-likeness (QED) is 0.624. The maximum atomic E-state index is 5.18. The highest BCUT2D eigenvalue weighted by atomic mass is 15.2. The van der Waals surface area contributed by atoms with Crippen LogP contribution >= 0.6 is 0 Å². The van der Waals surface area contributed by atoms with Crippen molar-refractivity contribution in [1.29, 1.82) is 0 Å². The van der Waals surface area contributed by atoms with Gasteiger partial charge in [0.15, 0.2) is 0 Å². The molecule has 0 spiro atoms. The number of nitrogens with zero attached hydrogens (tertiary/aromatic N) is 4. The molecule has 4 nitrogen and oxygen atoms in total. The largest absolute Gasteiger partial charge is 0.372 e. The van der Waals surface area contributed by atoms with Gasteiger partial charge in [-0.2, -0.15) is 4.57 Å². The highest BCUT2D eigenvalue weighted by molar-refractivity contribution is 5.46. The summed E-state index contributed by atoms with van der Waals surface area (Å²) in [7, 11) is 0. The first-order chi connectivity index (χ1) is 14.2. The number of rotatable bonds is 4. The molecule has 0 bridgehead atoms. The van der Waals surface area contributed by atoms with Crippen molar-refractivity contribution in [1.82, 2.24) is 9.55 Å². The van der Waals surface area contributed by atoms with Crippen molar-refractivity contribution in [2.75, 3.05) is 18.0 Å². The fourth-order valence-electron chi connectivity index (χ4n) is 4.99. The van der Waals surface area contributed by atoms with Gasteiger partial charge in [0.25, 0.3) is 5.82 Å². The molecule has 2 aromatic heterocycles. The zero-order valence-corrected chi connectivity index (χ0v) is 17.6. The molecule has 1 fully saturated rings. The first kappa shape index (κ1) is 18.4. The third-order valence-corrected chi connectivity index (χ3v) is 6.99. The van der Waals surface area contributed by atoms with Crippen molar-refractivity contribution in [2.24, 2.45) is 5.92 Å². The van der Waals surface area contributed by atoms with Crippen LogP contribution in [0.15, 0.2) is 60.9 Å². The summed E-state index contributed by atoms with van der Waals surface area (Å²) < 4.78 is 4.72. The third-order valence-electron chi connectivity index (χ3n) is 6.99. The van der Waals surface area contributed by atoms with E-state index in [1.165, 1.54) is 35.9 Å². The average Bonchev–Trinajstić information content (AvgIpc) is 3.20. The van der Waals surface area contributed by atoms with Crippen LogP contribution in [0.3, 0.4) is 0 Å². The second-order valence-electron chi connectivity index (χ2n) is 9.00. The van der Waals surface area contributed by atoms with Gasteiger partial charge in [-0.05, 0) is 56.7 Å². The number of para-hydroxylation sites is 1. The van der Waals surface area contributed by atoms with Gasteiger partial charge in [-0.1, -0.05) is 31.2 Å². The summed E-state index contributed by atoms with van der Waals surface area (Å²) in [6, 6.07) is 17.3. The van der Waals surface area contributed by atoms with Crippen molar-refractivity contribution < 1.29 is 4.57 Å². The van der Waals surface area contributed by atoms with Crippen LogP contribution in [0.2, 0.25) is 0 Å². The van der Waals surface area contributed by atoms with Gasteiger partial charge in [0.2, 0.25) is 5.82 Å². The molecule has 3 aromatic rings. The van der Waals surface area contributed by atoms with Crippen molar-refractivity contribution in [3.05, 3.63) is 72.4 Å². The lowest BCUT2D eigenvalue weighted by Gasteiger charge is -2.33. The molecule has 4 heterocycles. The molecule has 29 heavy (non-hydrogen) atoms. The van der Waals surface area contributed by atoms with E-state index >= 15 is 0 Å². The van der Waals surface area contributed by atoms with E-state index in [1.807, 2.05) is 0 Å². The summed E-state index contributed by atoms with van der Waals surface area (Å²) in [5.74, 6) is 3.21. The summed E-state index contributed by atoms with van der Waals surface area (Å²) in [6.45, 7) is 7.94. The van der Waals surface area contributed by atoms with Crippen LogP contribution < -0.4 is 9.47 Å². The van der Waals surface area contributed by atoms with E-state index in [-0.39, 0.29) is 5.41 Å². The minimum Gasteiger partial charge on any atom is -0.372 e. The third kappa shape index (κ3) is 3.35. The van der Waals surface area contributed by atoms with Crippen LogP contribution in [0.5, 0.6) is 0 Å². The lowest BCUT2D eigenvalue weighted by Crippen LogP contribution is -2.52. The minimum atomic E-state index is 0.0912. The number of piperidine rings is 1. The summed E-state index contributed by atoms with van der Waals surface area (Å²) in [5, 5.41) is 0. The molecule has 1 aromatic carbocycles. The Hall–Kier alpha value is -2.62. The van der Waals surface area contributed by atoms with Crippen LogP contribution in [0.25, 0.3) is 5.82 Å². The number of fused-ring (bicyclic) bond motifs is 3. The SMILES string of the molecule is CCC1(C)C[n+]2ccccc2-n2cc(CC3CCN(c4ccccc4)CC3)nc21. The van der Waals surface area contributed by atoms with Crippen molar-refractivity contribution in [3.63, 3.8) is 0 Å². The van der Waals surface area contributed by atoms with Gasteiger partial charge in [0.1, 0.15) is 12.7 Å². The molecule has 2 aliphatic rings. The normalized spacial score (nSPS) is 21.7. The lowest BCUT2D eigenvalue weighted by atomic mass is 9.85. The Morgan fingerprint density at radius 3 is 2.59 bits per heavy atom. The molecule has 0 saturated carbocycles. The van der Waals surface area contributed by atoms with E-state index in [4.69, 9.17) is 4.98 Å². The number of anilines is 1. The minimum absolute atomic E-state index is 0.0912. The van der Waals surface area contributed by atoms with Gasteiger partial charge < -0.3 is 4.90 Å². The number of benzene rings is 1. The zero-order valence-electron chi connectivity index (χ0n) is 17.6. The smallest absolute Gasteiger partial charge is 0.287 e. The van der Waals surface area contributed by atoms with Crippen molar-refractivity contribution >= 4 is 5.69 Å². The number of hydrogen-bond acceptors (Lipinski definition) is 2. The molecule has 1 atom stereocenters. The molecule has 1 unspecified atom stereocenters. The fraction of sp³-hybridized carbons (Fsp3) is 0.440. The topological polar surface area (TPSA) is 24.9 Å². The van der Waals surface area contributed by atoms with Gasteiger partial charge in [-0.25, -0.2) is 9.55 Å². The molecular weight excluding hydrogens is 356 g/mol. The van der Waals surface area contributed by atoms with Crippen molar-refractivity contribution in [2.45, 2.75) is 51.5 Å². The summed E-state index contributed by atoms with van der Waals surface area (Å²) in [6.07, 6.45) is 9.18. The van der Waals surface area contributed by atoms with E-state index < -0.39 is 0 Å². The van der Waals surface area contributed by atoms with Crippen LogP contribution in [0.1, 0.15) is 44.6 Å². The summed E-state index contributed by atoms with van der Waals surface area (Å²) in [4.78, 5) is 7.70. The predicted octanol–water partition coefficient (Wildman–Crippen LogP) is 4.30. The van der Waals surface area contributed by atoms with Crippen LogP contribution in [-0.4, -0.2) is 22.6 Å². The van der Waals surface area contributed by atoms with Crippen molar-refractivity contribution in [3.8, 4) is 5.82 Å². The number of aromatic nitrogens is 3. The second-order valence-corrected chi connectivity index (χ2v) is 9.00. The molecule has 4 heteroatoms. The summed E-state index contributed by atoms with van der Waals surface area (Å²) in [5.41, 5.74) is 2.71. The number of imidazole rings is 1. The molecule has 1 saturated heterocycles. The van der Waals surface area contributed by atoms with E-state index in [0.29, 0.717) is 0 Å². The Morgan fingerprint density at radius 2 is 1.83 bits per heavy atom. The second kappa shape index (κ2) is 7.33. The predicted molar refractivity (Wildman–Crippen MR) is 116 cm³/mol. The Kier molecular flexibility index (Phi) is 4.65. The van der Waals surface area contributed by atoms with Gasteiger partial charge in [0.05, 0.1) is 17.3 Å². The fourth-order valence-corrected chi connectivity index (χ4v) is 4.99. The van der Waals surface area contributed by atoms with E-state index in [9.17, 15) is 0 Å². The lowest BCUT2D eigenvalue weighted by molar-refractivity contribution is -0.703. The first-order valence-electron chi connectivity index (χ1n) is 11.0. The van der Waals surface area contributed by atoms with Gasteiger partial charge >= 0.3 is 0 Å².